The van der Waals surface area contributed by atoms with Gasteiger partial charge in [-0.15, -0.1) is 22.7 Å². The standard InChI is InChI=1S/C28H25ClN6O3S2/c29-25-4-3-20(40-25)16-31-26-15-23(32-35(26)28(37)24-2-1-13-39-24)22-17-34(18-33-9-11-38-12-10-33)27(36)14-21(22)19-5-7-30-8-6-19/h1-8,13-15,17,31H,9-12,16,18H2. The molecule has 0 saturated carbocycles. The Morgan fingerprint density at radius 1 is 1.07 bits per heavy atom. The molecular formula is C28H25ClN6O3S2. The van der Waals surface area contributed by atoms with Gasteiger partial charge in [-0.1, -0.05) is 17.7 Å². The summed E-state index contributed by atoms with van der Waals surface area (Å²) in [6.07, 6.45) is 5.21. The fourth-order valence-electron chi connectivity index (χ4n) is 4.54. The van der Waals surface area contributed by atoms with Crippen molar-refractivity contribution in [2.75, 3.05) is 31.6 Å². The summed E-state index contributed by atoms with van der Waals surface area (Å²) in [6.45, 7) is 3.68. The maximum atomic E-state index is 13.5. The van der Waals surface area contributed by atoms with Gasteiger partial charge in [0.1, 0.15) is 5.82 Å². The zero-order chi connectivity index (χ0) is 27.5. The first kappa shape index (κ1) is 26.6. The number of thiophene rings is 2. The average molecular weight is 593 g/mol. The largest absolute Gasteiger partial charge is 0.379 e. The van der Waals surface area contributed by atoms with Crippen LogP contribution in [0.3, 0.4) is 0 Å². The van der Waals surface area contributed by atoms with E-state index in [1.807, 2.05) is 48.0 Å². The van der Waals surface area contributed by atoms with Crippen molar-refractivity contribution in [1.29, 1.82) is 0 Å². The quantitative estimate of drug-likeness (QED) is 0.267. The lowest BCUT2D eigenvalue weighted by atomic mass is 10.0. The number of halogens is 1. The molecule has 9 nitrogen and oxygen atoms in total. The Morgan fingerprint density at radius 3 is 2.62 bits per heavy atom. The van der Waals surface area contributed by atoms with E-state index >= 15 is 0 Å². The predicted octanol–water partition coefficient (Wildman–Crippen LogP) is 5.14. The fourth-order valence-corrected chi connectivity index (χ4v) is 6.21. The van der Waals surface area contributed by atoms with Gasteiger partial charge in [0.2, 0.25) is 0 Å². The summed E-state index contributed by atoms with van der Waals surface area (Å²) in [5.41, 5.74) is 2.74. The van der Waals surface area contributed by atoms with Gasteiger partial charge in [-0.05, 0) is 46.8 Å². The Labute approximate surface area is 243 Å². The first-order chi connectivity index (χ1) is 19.5. The number of nitrogens with zero attached hydrogens (tertiary/aromatic N) is 5. The van der Waals surface area contributed by atoms with Crippen molar-refractivity contribution in [3.63, 3.8) is 0 Å². The van der Waals surface area contributed by atoms with E-state index < -0.39 is 0 Å². The van der Waals surface area contributed by atoms with Crippen LogP contribution in [0.2, 0.25) is 4.34 Å². The van der Waals surface area contributed by atoms with Crippen LogP contribution in [-0.4, -0.2) is 56.4 Å². The van der Waals surface area contributed by atoms with Crippen LogP contribution >= 0.6 is 34.3 Å². The molecule has 0 spiro atoms. The Hall–Kier alpha value is -3.61. The predicted molar refractivity (Wildman–Crippen MR) is 158 cm³/mol. The number of aromatic nitrogens is 4. The molecule has 1 fully saturated rings. The fraction of sp³-hybridized carbons (Fsp3) is 0.214. The van der Waals surface area contributed by atoms with Crippen LogP contribution in [0.1, 0.15) is 14.5 Å². The van der Waals surface area contributed by atoms with E-state index in [9.17, 15) is 9.59 Å². The number of ether oxygens (including phenoxy) is 1. The zero-order valence-corrected chi connectivity index (χ0v) is 23.7. The molecule has 5 aromatic rings. The number of rotatable bonds is 8. The SMILES string of the molecule is O=C(c1cccs1)n1nc(-c2cn(CN3CCOCC3)c(=O)cc2-c2ccncc2)cc1NCc1ccc(Cl)s1. The van der Waals surface area contributed by atoms with Crippen LogP contribution in [0, 0.1) is 0 Å². The van der Waals surface area contributed by atoms with Crippen molar-refractivity contribution in [3.05, 3.63) is 96.9 Å². The molecule has 204 valence electrons. The van der Waals surface area contributed by atoms with Gasteiger partial charge in [0.25, 0.3) is 11.5 Å². The molecule has 6 rings (SSSR count). The highest BCUT2D eigenvalue weighted by Crippen LogP contribution is 2.32. The summed E-state index contributed by atoms with van der Waals surface area (Å²) < 4.78 is 9.25. The summed E-state index contributed by atoms with van der Waals surface area (Å²) in [7, 11) is 0. The second-order valence-corrected chi connectivity index (χ2v) is 11.9. The van der Waals surface area contributed by atoms with E-state index in [2.05, 4.69) is 15.2 Å². The van der Waals surface area contributed by atoms with E-state index in [1.54, 1.807) is 29.1 Å². The van der Waals surface area contributed by atoms with Crippen LogP contribution in [0.15, 0.2) is 77.3 Å². The lowest BCUT2D eigenvalue weighted by Crippen LogP contribution is -2.39. The van der Waals surface area contributed by atoms with Gasteiger partial charge in [0.05, 0.1) is 41.3 Å². The average Bonchev–Trinajstić information content (AvgIpc) is 3.75. The van der Waals surface area contributed by atoms with Gasteiger partial charge in [-0.3, -0.25) is 19.5 Å². The molecule has 1 aliphatic rings. The number of pyridine rings is 2. The molecule has 1 N–H and O–H groups in total. The summed E-state index contributed by atoms with van der Waals surface area (Å²) in [5, 5.41) is 10.0. The summed E-state index contributed by atoms with van der Waals surface area (Å²) in [6, 6.07) is 14.6. The van der Waals surface area contributed by atoms with Crippen LogP contribution in [0.5, 0.6) is 0 Å². The first-order valence-electron chi connectivity index (χ1n) is 12.7. The minimum absolute atomic E-state index is 0.121. The summed E-state index contributed by atoms with van der Waals surface area (Å²) in [5.74, 6) is 0.310. The molecule has 12 heteroatoms. The molecule has 0 atom stereocenters. The van der Waals surface area contributed by atoms with E-state index in [-0.39, 0.29) is 11.5 Å². The number of hydrogen-bond acceptors (Lipinski definition) is 9. The molecular weight excluding hydrogens is 568 g/mol. The molecule has 0 radical (unpaired) electrons. The zero-order valence-electron chi connectivity index (χ0n) is 21.3. The molecule has 1 saturated heterocycles. The van der Waals surface area contributed by atoms with Gasteiger partial charge >= 0.3 is 0 Å². The van der Waals surface area contributed by atoms with Crippen molar-refractivity contribution in [2.45, 2.75) is 13.2 Å². The van der Waals surface area contributed by atoms with Gasteiger partial charge in [0.15, 0.2) is 0 Å². The van der Waals surface area contributed by atoms with Crippen LogP contribution in [-0.2, 0) is 18.0 Å². The molecule has 0 bridgehead atoms. The van der Waals surface area contributed by atoms with Crippen molar-refractivity contribution in [2.24, 2.45) is 0 Å². The third-order valence-corrected chi connectivity index (χ3v) is 8.64. The molecule has 0 unspecified atom stereocenters. The Balaban J connectivity index is 1.44. The van der Waals surface area contributed by atoms with Gasteiger partial charge in [-0.25, -0.2) is 0 Å². The maximum Gasteiger partial charge on any atom is 0.290 e. The minimum Gasteiger partial charge on any atom is -0.379 e. The van der Waals surface area contributed by atoms with E-state index in [4.69, 9.17) is 21.4 Å². The van der Waals surface area contributed by atoms with Crippen molar-refractivity contribution in [1.82, 2.24) is 24.2 Å². The normalized spacial score (nSPS) is 13.9. The Morgan fingerprint density at radius 2 is 1.90 bits per heavy atom. The van der Waals surface area contributed by atoms with Gasteiger partial charge in [0, 0.05) is 54.3 Å². The maximum absolute atomic E-state index is 13.5. The highest BCUT2D eigenvalue weighted by atomic mass is 35.5. The third kappa shape index (κ3) is 5.79. The Bertz CT molecular complexity index is 1670. The van der Waals surface area contributed by atoms with Crippen LogP contribution < -0.4 is 10.9 Å². The first-order valence-corrected chi connectivity index (χ1v) is 14.7. The molecule has 40 heavy (non-hydrogen) atoms. The topological polar surface area (TPSA) is 94.3 Å². The minimum atomic E-state index is -0.236. The van der Waals surface area contributed by atoms with Gasteiger partial charge < -0.3 is 14.6 Å². The number of anilines is 1. The number of nitrogens with one attached hydrogen (secondary N) is 1. The highest BCUT2D eigenvalue weighted by molar-refractivity contribution is 7.16. The molecule has 0 aliphatic carbocycles. The van der Waals surface area contributed by atoms with Crippen molar-refractivity contribution >= 4 is 46.0 Å². The number of morpholine rings is 1. The highest BCUT2D eigenvalue weighted by Gasteiger charge is 2.22. The van der Waals surface area contributed by atoms with Crippen LogP contribution in [0.4, 0.5) is 5.82 Å². The lowest BCUT2D eigenvalue weighted by Gasteiger charge is -2.27. The molecule has 5 aromatic heterocycles. The van der Waals surface area contributed by atoms with E-state index in [0.29, 0.717) is 47.2 Å². The molecule has 6 heterocycles. The lowest BCUT2D eigenvalue weighted by molar-refractivity contribution is 0.0229. The third-order valence-electron chi connectivity index (χ3n) is 6.56. The Kier molecular flexibility index (Phi) is 7.89. The second kappa shape index (κ2) is 11.9. The smallest absolute Gasteiger partial charge is 0.290 e. The number of carbonyl (C=O) groups excluding carboxylic acids is 1. The second-order valence-electron chi connectivity index (χ2n) is 9.18. The monoisotopic (exact) mass is 592 g/mol. The molecule has 0 aromatic carbocycles. The molecule has 0 amide bonds. The van der Waals surface area contributed by atoms with Crippen molar-refractivity contribution < 1.29 is 9.53 Å². The van der Waals surface area contributed by atoms with Crippen molar-refractivity contribution in [3.8, 4) is 22.4 Å². The van der Waals surface area contributed by atoms with Gasteiger partial charge in [-0.2, -0.15) is 9.78 Å². The number of hydrogen-bond donors (Lipinski definition) is 1. The number of carbonyl (C=O) groups is 1. The van der Waals surface area contributed by atoms with E-state index in [0.717, 1.165) is 34.7 Å². The van der Waals surface area contributed by atoms with E-state index in [1.165, 1.54) is 27.4 Å². The van der Waals surface area contributed by atoms with Crippen LogP contribution in [0.25, 0.3) is 22.4 Å². The summed E-state index contributed by atoms with van der Waals surface area (Å²) in [4.78, 5) is 34.7. The molecule has 1 aliphatic heterocycles. The summed E-state index contributed by atoms with van der Waals surface area (Å²) >= 11 is 8.96.